The van der Waals surface area contributed by atoms with Crippen LogP contribution < -0.4 is 0 Å². The second kappa shape index (κ2) is 8.26. The van der Waals surface area contributed by atoms with Gasteiger partial charge in [0.2, 0.25) is 5.24 Å². The predicted octanol–water partition coefficient (Wildman–Crippen LogP) is 6.68. The average Bonchev–Trinajstić information content (AvgIpc) is 3.03. The summed E-state index contributed by atoms with van der Waals surface area (Å²) in [6.07, 6.45) is 13.6. The Morgan fingerprint density at radius 1 is 1.17 bits per heavy atom. The number of hydrogen-bond acceptors (Lipinski definition) is 3. The molecule has 0 bridgehead atoms. The Kier molecular flexibility index (Phi) is 6.16. The van der Waals surface area contributed by atoms with Gasteiger partial charge >= 0.3 is 5.97 Å². The quantitative estimate of drug-likeness (QED) is 0.275. The molecule has 168 valence electrons. The van der Waals surface area contributed by atoms with E-state index in [1.54, 1.807) is 5.57 Å². The summed E-state index contributed by atoms with van der Waals surface area (Å²) in [6, 6.07) is 0. The van der Waals surface area contributed by atoms with Gasteiger partial charge in [-0.2, -0.15) is 0 Å². The zero-order chi connectivity index (χ0) is 21.7. The Morgan fingerprint density at radius 3 is 2.63 bits per heavy atom. The van der Waals surface area contributed by atoms with Gasteiger partial charge in [-0.05, 0) is 103 Å². The van der Waals surface area contributed by atoms with Crippen LogP contribution in [0.25, 0.3) is 0 Å². The van der Waals surface area contributed by atoms with Crippen molar-refractivity contribution in [2.24, 2.45) is 40.4 Å². The molecule has 3 fully saturated rings. The normalized spacial score (nSPS) is 43.6. The molecule has 8 atom stereocenters. The van der Waals surface area contributed by atoms with Crippen LogP contribution in [0.1, 0.15) is 91.9 Å². The maximum Gasteiger partial charge on any atom is 0.302 e. The first-order chi connectivity index (χ1) is 14.1. The second-order valence-electron chi connectivity index (χ2n) is 11.3. The van der Waals surface area contributed by atoms with E-state index < -0.39 is 0 Å². The molecule has 0 unspecified atom stereocenters. The molecule has 4 rings (SSSR count). The minimum Gasteiger partial charge on any atom is -0.462 e. The summed E-state index contributed by atoms with van der Waals surface area (Å²) < 4.78 is 5.57. The van der Waals surface area contributed by atoms with Gasteiger partial charge in [-0.1, -0.05) is 32.4 Å². The van der Waals surface area contributed by atoms with Crippen molar-refractivity contribution >= 4 is 22.8 Å². The highest BCUT2D eigenvalue weighted by Gasteiger charge is 2.59. The van der Waals surface area contributed by atoms with Gasteiger partial charge in [-0.15, -0.1) is 0 Å². The number of fused-ring (bicyclic) bond motifs is 5. The molecular formula is C26H39ClO3. The van der Waals surface area contributed by atoms with Crippen molar-refractivity contribution in [1.82, 2.24) is 0 Å². The fraction of sp³-hybridized carbons (Fsp3) is 0.846. The highest BCUT2D eigenvalue weighted by atomic mass is 35.5. The van der Waals surface area contributed by atoms with E-state index in [1.807, 2.05) is 0 Å². The third-order valence-electron chi connectivity index (χ3n) is 9.95. The summed E-state index contributed by atoms with van der Waals surface area (Å²) in [6.45, 7) is 8.94. The summed E-state index contributed by atoms with van der Waals surface area (Å²) >= 11 is 5.64. The topological polar surface area (TPSA) is 43.4 Å². The van der Waals surface area contributed by atoms with Gasteiger partial charge in [-0.25, -0.2) is 0 Å². The Morgan fingerprint density at radius 2 is 1.93 bits per heavy atom. The molecule has 0 aliphatic heterocycles. The summed E-state index contributed by atoms with van der Waals surface area (Å²) in [7, 11) is 0. The molecule has 0 aromatic rings. The number of hydrogen-bond donors (Lipinski definition) is 0. The monoisotopic (exact) mass is 434 g/mol. The summed E-state index contributed by atoms with van der Waals surface area (Å²) in [5.74, 6) is 3.51. The lowest BCUT2D eigenvalue weighted by molar-refractivity contribution is -0.148. The van der Waals surface area contributed by atoms with E-state index in [9.17, 15) is 9.59 Å². The first-order valence-corrected chi connectivity index (χ1v) is 12.6. The van der Waals surface area contributed by atoms with Crippen molar-refractivity contribution in [3.05, 3.63) is 11.6 Å². The van der Waals surface area contributed by atoms with E-state index in [0.29, 0.717) is 17.8 Å². The maximum atomic E-state index is 11.4. The first kappa shape index (κ1) is 22.4. The van der Waals surface area contributed by atoms with Crippen LogP contribution in [0, 0.1) is 40.4 Å². The molecule has 0 spiro atoms. The molecule has 3 nitrogen and oxygen atoms in total. The summed E-state index contributed by atoms with van der Waals surface area (Å²) in [5.41, 5.74) is 2.26. The molecule has 4 heteroatoms. The van der Waals surface area contributed by atoms with Gasteiger partial charge in [0.05, 0.1) is 0 Å². The molecule has 4 aliphatic rings. The molecule has 0 aromatic heterocycles. The lowest BCUT2D eigenvalue weighted by Gasteiger charge is -2.58. The van der Waals surface area contributed by atoms with Crippen LogP contribution in [0.15, 0.2) is 11.6 Å². The van der Waals surface area contributed by atoms with Crippen LogP contribution in [0.3, 0.4) is 0 Å². The maximum absolute atomic E-state index is 11.4. The molecule has 0 amide bonds. The Labute approximate surface area is 187 Å². The highest BCUT2D eigenvalue weighted by Crippen LogP contribution is 2.67. The third-order valence-corrected chi connectivity index (χ3v) is 10.1. The molecular weight excluding hydrogens is 396 g/mol. The van der Waals surface area contributed by atoms with Crippen molar-refractivity contribution < 1.29 is 14.3 Å². The minimum absolute atomic E-state index is 0.0774. The number of rotatable bonds is 5. The molecule has 3 saturated carbocycles. The highest BCUT2D eigenvalue weighted by molar-refractivity contribution is 6.63. The fourth-order valence-electron chi connectivity index (χ4n) is 8.48. The van der Waals surface area contributed by atoms with Crippen LogP contribution in [-0.4, -0.2) is 17.3 Å². The number of ether oxygens (including phenoxy) is 1. The van der Waals surface area contributed by atoms with E-state index in [4.69, 9.17) is 16.3 Å². The van der Waals surface area contributed by atoms with Crippen molar-refractivity contribution in [3.8, 4) is 0 Å². The van der Waals surface area contributed by atoms with E-state index in [1.165, 1.54) is 39.0 Å². The van der Waals surface area contributed by atoms with Gasteiger partial charge in [0.1, 0.15) is 6.10 Å². The molecule has 30 heavy (non-hydrogen) atoms. The first-order valence-electron chi connectivity index (χ1n) is 12.2. The van der Waals surface area contributed by atoms with Crippen LogP contribution in [0.4, 0.5) is 0 Å². The Bertz CT molecular complexity index is 730. The van der Waals surface area contributed by atoms with E-state index in [2.05, 4.69) is 26.8 Å². The van der Waals surface area contributed by atoms with E-state index >= 15 is 0 Å². The zero-order valence-electron chi connectivity index (χ0n) is 19.2. The van der Waals surface area contributed by atoms with Crippen LogP contribution in [-0.2, 0) is 14.3 Å². The van der Waals surface area contributed by atoms with Crippen molar-refractivity contribution in [2.75, 3.05) is 0 Å². The SMILES string of the molecule is CC(=O)O[C@H]1CC[C@@]2(C)C(=CC[C@H]3[C@@H]4CC[C@H]([C@H](C)CCC(=O)Cl)[C@@]4(C)CC[C@@H]32)C1. The lowest BCUT2D eigenvalue weighted by Crippen LogP contribution is -2.51. The van der Waals surface area contributed by atoms with Gasteiger partial charge < -0.3 is 4.74 Å². The van der Waals surface area contributed by atoms with Crippen molar-refractivity contribution in [1.29, 1.82) is 0 Å². The Balaban J connectivity index is 1.51. The van der Waals surface area contributed by atoms with Crippen molar-refractivity contribution in [2.45, 2.75) is 98.0 Å². The molecule has 0 aromatic carbocycles. The second-order valence-corrected chi connectivity index (χ2v) is 11.8. The average molecular weight is 435 g/mol. The predicted molar refractivity (Wildman–Crippen MR) is 120 cm³/mol. The standard InChI is InChI=1S/C26H39ClO3/c1-16(5-10-24(27)29)21-8-9-22-20-7-6-18-15-19(30-17(2)28)11-13-25(18,3)23(20)12-14-26(21,22)4/h6,16,19-23H,5,7-15H2,1-4H3/t16-,19+,20+,21-,22+,23+,25+,26-/m1/s1. The van der Waals surface area contributed by atoms with Crippen LogP contribution in [0.2, 0.25) is 0 Å². The van der Waals surface area contributed by atoms with Crippen LogP contribution >= 0.6 is 11.6 Å². The molecule has 0 N–H and O–H groups in total. The van der Waals surface area contributed by atoms with Gasteiger partial charge in [0.25, 0.3) is 0 Å². The third kappa shape index (κ3) is 3.78. The molecule has 0 heterocycles. The Hall–Kier alpha value is -0.830. The van der Waals surface area contributed by atoms with Crippen molar-refractivity contribution in [3.63, 3.8) is 0 Å². The van der Waals surface area contributed by atoms with Gasteiger partial charge in [0, 0.05) is 19.8 Å². The fourth-order valence-corrected chi connectivity index (χ4v) is 8.59. The molecule has 0 saturated heterocycles. The smallest absolute Gasteiger partial charge is 0.302 e. The van der Waals surface area contributed by atoms with Gasteiger partial charge in [-0.3, -0.25) is 9.59 Å². The zero-order valence-corrected chi connectivity index (χ0v) is 20.0. The number of carbonyl (C=O) groups excluding carboxylic acids is 2. The minimum atomic E-state index is -0.188. The number of esters is 1. The number of allylic oxidation sites excluding steroid dienone is 1. The van der Waals surface area contributed by atoms with E-state index in [0.717, 1.165) is 49.4 Å². The van der Waals surface area contributed by atoms with E-state index in [-0.39, 0.29) is 22.7 Å². The van der Waals surface area contributed by atoms with Gasteiger partial charge in [0.15, 0.2) is 0 Å². The number of halogens is 1. The molecule has 0 radical (unpaired) electrons. The number of carbonyl (C=O) groups is 2. The summed E-state index contributed by atoms with van der Waals surface area (Å²) in [5, 5.41) is -0.188. The molecule has 4 aliphatic carbocycles. The summed E-state index contributed by atoms with van der Waals surface area (Å²) in [4.78, 5) is 22.7. The lowest BCUT2D eigenvalue weighted by atomic mass is 9.47. The van der Waals surface area contributed by atoms with Crippen LogP contribution in [0.5, 0.6) is 0 Å². The largest absolute Gasteiger partial charge is 0.462 e.